The molecule has 1 aromatic heterocycles. The van der Waals surface area contributed by atoms with Crippen LogP contribution in [0.4, 0.5) is 0 Å². The molecule has 0 aliphatic carbocycles. The average Bonchev–Trinajstić information content (AvgIpc) is 2.71. The molecule has 0 aliphatic heterocycles. The third kappa shape index (κ3) is 4.92. The molecule has 0 amide bonds. The van der Waals surface area contributed by atoms with Crippen molar-refractivity contribution in [3.63, 3.8) is 0 Å². The molecule has 5 heteroatoms. The molecule has 1 heterocycles. The van der Waals surface area contributed by atoms with Crippen molar-refractivity contribution < 1.29 is 13.7 Å². The van der Waals surface area contributed by atoms with Crippen molar-refractivity contribution in [3.8, 4) is 0 Å². The lowest BCUT2D eigenvalue weighted by molar-refractivity contribution is 0.242. The largest absolute Gasteiger partial charge is 0.462 e. The third-order valence-corrected chi connectivity index (χ3v) is 3.15. The summed E-state index contributed by atoms with van der Waals surface area (Å²) in [6.07, 6.45) is 2.60. The van der Waals surface area contributed by atoms with E-state index in [2.05, 4.69) is 12.2 Å². The Morgan fingerprint density at radius 3 is 2.75 bits per heavy atom. The monoisotopic (exact) mass is 245 g/mol. The molecule has 92 valence electrons. The second-order valence-corrected chi connectivity index (χ2v) is 5.43. The van der Waals surface area contributed by atoms with Gasteiger partial charge in [-0.15, -0.1) is 0 Å². The summed E-state index contributed by atoms with van der Waals surface area (Å²) < 4.78 is 16.2. The molecule has 1 aromatic rings. The molecule has 2 atom stereocenters. The predicted molar refractivity (Wildman–Crippen MR) is 64.5 cm³/mol. The van der Waals surface area contributed by atoms with Crippen LogP contribution in [0.25, 0.3) is 0 Å². The lowest BCUT2D eigenvalue weighted by atomic mass is 10.2. The van der Waals surface area contributed by atoms with Crippen LogP contribution in [0.3, 0.4) is 0 Å². The maximum absolute atomic E-state index is 10.9. The summed E-state index contributed by atoms with van der Waals surface area (Å²) in [5.41, 5.74) is 0. The molecule has 0 spiro atoms. The molecular formula is C11H19NO3S. The minimum Gasteiger partial charge on any atom is -0.462 e. The number of furan rings is 1. The van der Waals surface area contributed by atoms with Gasteiger partial charge in [0.1, 0.15) is 18.1 Å². The van der Waals surface area contributed by atoms with Gasteiger partial charge >= 0.3 is 0 Å². The van der Waals surface area contributed by atoms with Gasteiger partial charge in [0.15, 0.2) is 0 Å². The van der Waals surface area contributed by atoms with Crippen molar-refractivity contribution in [2.24, 2.45) is 0 Å². The molecule has 0 bridgehead atoms. The van der Waals surface area contributed by atoms with Crippen LogP contribution in [-0.2, 0) is 24.0 Å². The summed E-state index contributed by atoms with van der Waals surface area (Å²) in [6.45, 7) is 2.63. The van der Waals surface area contributed by atoms with E-state index in [9.17, 15) is 4.21 Å². The van der Waals surface area contributed by atoms with Gasteiger partial charge in [0.2, 0.25) is 0 Å². The number of hydrogen-bond acceptors (Lipinski definition) is 4. The molecule has 16 heavy (non-hydrogen) atoms. The Kier molecular flexibility index (Phi) is 5.73. The molecular weight excluding hydrogens is 226 g/mol. The van der Waals surface area contributed by atoms with E-state index in [1.54, 1.807) is 12.3 Å². The molecule has 2 N–H and O–H groups in total. The summed E-state index contributed by atoms with van der Waals surface area (Å²) in [7, 11) is -0.728. The first kappa shape index (κ1) is 13.4. The van der Waals surface area contributed by atoms with Gasteiger partial charge in [0, 0.05) is 28.9 Å². The minimum atomic E-state index is -0.728. The zero-order valence-corrected chi connectivity index (χ0v) is 10.5. The van der Waals surface area contributed by atoms with E-state index in [-0.39, 0.29) is 6.61 Å². The van der Waals surface area contributed by atoms with E-state index in [1.807, 2.05) is 6.07 Å². The lowest BCUT2D eigenvalue weighted by Gasteiger charge is -2.11. The van der Waals surface area contributed by atoms with Gasteiger partial charge in [-0.25, -0.2) is 0 Å². The number of hydrogen-bond donors (Lipinski definition) is 2. The summed E-state index contributed by atoms with van der Waals surface area (Å²) in [5, 5.41) is 12.1. The summed E-state index contributed by atoms with van der Waals surface area (Å²) >= 11 is 0. The van der Waals surface area contributed by atoms with Crippen LogP contribution in [0.1, 0.15) is 24.9 Å². The quantitative estimate of drug-likeness (QED) is 0.753. The first-order valence-corrected chi connectivity index (χ1v) is 7.06. The molecule has 0 saturated heterocycles. The predicted octanol–water partition coefficient (Wildman–Crippen LogP) is 1.02. The van der Waals surface area contributed by atoms with E-state index in [1.165, 1.54) is 0 Å². The molecule has 0 saturated carbocycles. The Bertz CT molecular complexity index is 338. The lowest BCUT2D eigenvalue weighted by Crippen LogP contribution is -2.26. The van der Waals surface area contributed by atoms with Crippen LogP contribution in [0.5, 0.6) is 0 Å². The van der Waals surface area contributed by atoms with Gasteiger partial charge in [-0.05, 0) is 25.5 Å². The maximum Gasteiger partial charge on any atom is 0.129 e. The first-order chi connectivity index (χ1) is 7.61. The maximum atomic E-state index is 10.9. The van der Waals surface area contributed by atoms with Crippen molar-refractivity contribution in [1.29, 1.82) is 0 Å². The summed E-state index contributed by atoms with van der Waals surface area (Å²) in [6, 6.07) is 3.93. The van der Waals surface area contributed by atoms with Gasteiger partial charge in [-0.2, -0.15) is 0 Å². The molecule has 4 nitrogen and oxygen atoms in total. The standard InChI is InChI=1S/C11H19NO3S/c1-9(5-6-16(2)14)12-7-10-3-4-11(8-13)15-10/h3-4,9,12-13H,5-8H2,1-2H3. The van der Waals surface area contributed by atoms with E-state index >= 15 is 0 Å². The molecule has 2 unspecified atom stereocenters. The van der Waals surface area contributed by atoms with Crippen LogP contribution in [-0.4, -0.2) is 27.4 Å². The highest BCUT2D eigenvalue weighted by Crippen LogP contribution is 2.07. The van der Waals surface area contributed by atoms with Crippen molar-refractivity contribution in [2.75, 3.05) is 12.0 Å². The zero-order chi connectivity index (χ0) is 12.0. The van der Waals surface area contributed by atoms with Crippen LogP contribution >= 0.6 is 0 Å². The second kappa shape index (κ2) is 6.83. The van der Waals surface area contributed by atoms with E-state index < -0.39 is 10.8 Å². The molecule has 1 rings (SSSR count). The first-order valence-electron chi connectivity index (χ1n) is 5.33. The van der Waals surface area contributed by atoms with Gasteiger partial charge in [-0.3, -0.25) is 4.21 Å². The van der Waals surface area contributed by atoms with Gasteiger partial charge in [0.05, 0.1) is 6.54 Å². The fourth-order valence-electron chi connectivity index (χ4n) is 1.32. The van der Waals surface area contributed by atoms with Crippen LogP contribution in [0.2, 0.25) is 0 Å². The van der Waals surface area contributed by atoms with Gasteiger partial charge in [-0.1, -0.05) is 0 Å². The Labute approximate surface area is 98.5 Å². The van der Waals surface area contributed by atoms with Gasteiger partial charge < -0.3 is 14.8 Å². The Morgan fingerprint density at radius 1 is 1.50 bits per heavy atom. The van der Waals surface area contributed by atoms with Crippen LogP contribution in [0.15, 0.2) is 16.5 Å². The zero-order valence-electron chi connectivity index (χ0n) is 9.73. The SMILES string of the molecule is CC(CCS(C)=O)NCc1ccc(CO)o1. The van der Waals surface area contributed by atoms with Crippen molar-refractivity contribution in [3.05, 3.63) is 23.7 Å². The Morgan fingerprint density at radius 2 is 2.19 bits per heavy atom. The van der Waals surface area contributed by atoms with Crippen LogP contribution in [0, 0.1) is 0 Å². The highest BCUT2D eigenvalue weighted by atomic mass is 32.2. The Balaban J connectivity index is 2.25. The molecule has 0 radical (unpaired) electrons. The van der Waals surface area contributed by atoms with E-state index in [0.29, 0.717) is 24.1 Å². The van der Waals surface area contributed by atoms with Crippen molar-refractivity contribution >= 4 is 10.8 Å². The average molecular weight is 245 g/mol. The van der Waals surface area contributed by atoms with Crippen molar-refractivity contribution in [1.82, 2.24) is 5.32 Å². The fourth-order valence-corrected chi connectivity index (χ4v) is 2.01. The highest BCUT2D eigenvalue weighted by molar-refractivity contribution is 7.84. The van der Waals surface area contributed by atoms with E-state index in [0.717, 1.165) is 12.2 Å². The molecule has 0 aromatic carbocycles. The number of aliphatic hydroxyl groups is 1. The van der Waals surface area contributed by atoms with Gasteiger partial charge in [0.25, 0.3) is 0 Å². The second-order valence-electron chi connectivity index (χ2n) is 3.87. The fraction of sp³-hybridized carbons (Fsp3) is 0.636. The highest BCUT2D eigenvalue weighted by Gasteiger charge is 2.05. The number of rotatable bonds is 7. The minimum absolute atomic E-state index is 0.0651. The topological polar surface area (TPSA) is 62.5 Å². The third-order valence-electron chi connectivity index (χ3n) is 2.34. The number of nitrogens with one attached hydrogen (secondary N) is 1. The number of aliphatic hydroxyl groups excluding tert-OH is 1. The van der Waals surface area contributed by atoms with Crippen molar-refractivity contribution in [2.45, 2.75) is 32.5 Å². The summed E-state index contributed by atoms with van der Waals surface area (Å²) in [5.74, 6) is 2.11. The molecule has 0 fully saturated rings. The summed E-state index contributed by atoms with van der Waals surface area (Å²) in [4.78, 5) is 0. The normalized spacial score (nSPS) is 14.9. The van der Waals surface area contributed by atoms with Crippen LogP contribution < -0.4 is 5.32 Å². The molecule has 0 aliphatic rings. The van der Waals surface area contributed by atoms with E-state index in [4.69, 9.17) is 9.52 Å². The smallest absolute Gasteiger partial charge is 0.129 e. The Hall–Kier alpha value is -0.650.